The molecule has 4 atom stereocenters. The summed E-state index contributed by atoms with van der Waals surface area (Å²) in [5.41, 5.74) is 1.17. The number of carbonyl (C=O) groups is 4. The Balaban J connectivity index is 1.60. The van der Waals surface area contributed by atoms with Crippen molar-refractivity contribution >= 4 is 42.3 Å². The third-order valence-electron chi connectivity index (χ3n) is 8.02. The van der Waals surface area contributed by atoms with Crippen LogP contribution >= 0.6 is 7.75 Å². The first-order chi connectivity index (χ1) is 25.7. The van der Waals surface area contributed by atoms with Crippen LogP contribution in [-0.4, -0.2) is 55.1 Å². The number of hydrogen-bond acceptors (Lipinski definition) is 10. The van der Waals surface area contributed by atoms with E-state index < -0.39 is 55.7 Å². The molecule has 0 spiro atoms. The Morgan fingerprint density at radius 1 is 0.778 bits per heavy atom. The van der Waals surface area contributed by atoms with Crippen molar-refractivity contribution in [3.05, 3.63) is 108 Å². The molecule has 13 nitrogen and oxygen atoms in total. The van der Waals surface area contributed by atoms with Crippen molar-refractivity contribution in [1.82, 2.24) is 15.7 Å². The predicted octanol–water partition coefficient (Wildman–Crippen LogP) is 6.25. The van der Waals surface area contributed by atoms with Crippen molar-refractivity contribution in [2.24, 2.45) is 5.92 Å². The second-order valence-corrected chi connectivity index (χ2v) is 14.9. The van der Waals surface area contributed by atoms with Gasteiger partial charge in [-0.2, -0.15) is 10.3 Å². The molecule has 3 N–H and O–H groups in total. The van der Waals surface area contributed by atoms with Crippen LogP contribution in [-0.2, 0) is 34.8 Å². The van der Waals surface area contributed by atoms with Crippen LogP contribution in [0, 0.1) is 17.2 Å². The van der Waals surface area contributed by atoms with Gasteiger partial charge in [0.1, 0.15) is 29.6 Å². The standard InChI is InChI=1S/C40H45N4O9P/c1-25(2)22-35(40(48)50-6)43-38(46)34(42-37(45)31-18-14-29(24-41)15-19-31)23-28-16-20-32(21-17-28)52-54(49,44-27(5)39(47)51-26(3)4)53-36-13-9-11-30-10-7-8-12-33(30)36/h7-21,25-27,34-35H,22-23H2,1-6H3,(H,42,45)(H,43,46)(H,44,49)/t27-,34-,35-,54?/m0/s1. The maximum atomic E-state index is 14.4. The number of nitrogens with one attached hydrogen (secondary N) is 3. The number of rotatable bonds is 17. The van der Waals surface area contributed by atoms with Crippen LogP contribution < -0.4 is 24.8 Å². The number of fused-ring (bicyclic) bond motifs is 1. The number of benzene rings is 4. The molecule has 0 radical (unpaired) electrons. The highest BCUT2D eigenvalue weighted by molar-refractivity contribution is 7.52. The lowest BCUT2D eigenvalue weighted by atomic mass is 10.0. The minimum Gasteiger partial charge on any atom is -0.467 e. The van der Waals surface area contributed by atoms with E-state index in [1.807, 2.05) is 50.2 Å². The zero-order chi connectivity index (χ0) is 39.4. The fraction of sp³-hybridized carbons (Fsp3) is 0.325. The Morgan fingerprint density at radius 3 is 2.07 bits per heavy atom. The van der Waals surface area contributed by atoms with Gasteiger partial charge >= 0.3 is 19.7 Å². The van der Waals surface area contributed by atoms with Crippen LogP contribution in [0.1, 0.15) is 62.5 Å². The van der Waals surface area contributed by atoms with E-state index in [2.05, 4.69) is 15.7 Å². The molecule has 0 aliphatic carbocycles. The SMILES string of the molecule is COC(=O)[C@H](CC(C)C)NC(=O)[C@H](Cc1ccc(OP(=O)(N[C@@H](C)C(=O)OC(C)C)Oc2cccc3ccccc23)cc1)NC(=O)c1ccc(C#N)cc1. The van der Waals surface area contributed by atoms with Crippen LogP contribution in [0.5, 0.6) is 11.5 Å². The quantitative estimate of drug-likeness (QED) is 0.0818. The fourth-order valence-electron chi connectivity index (χ4n) is 5.41. The lowest BCUT2D eigenvalue weighted by molar-refractivity contribution is -0.149. The highest BCUT2D eigenvalue weighted by Gasteiger charge is 2.35. The summed E-state index contributed by atoms with van der Waals surface area (Å²) in [6, 6.07) is 23.7. The molecule has 0 aromatic heterocycles. The van der Waals surface area contributed by atoms with Crippen LogP contribution in [0.2, 0.25) is 0 Å². The maximum absolute atomic E-state index is 14.4. The summed E-state index contributed by atoms with van der Waals surface area (Å²) >= 11 is 0. The van der Waals surface area contributed by atoms with E-state index in [4.69, 9.17) is 23.8 Å². The number of carbonyl (C=O) groups excluding carboxylic acids is 4. The molecule has 0 aliphatic heterocycles. The van der Waals surface area contributed by atoms with Crippen molar-refractivity contribution in [2.75, 3.05) is 7.11 Å². The Labute approximate surface area is 314 Å². The van der Waals surface area contributed by atoms with E-state index in [1.165, 1.54) is 50.4 Å². The number of esters is 2. The first kappa shape index (κ1) is 41.1. The Hall–Kier alpha value is -5.70. The zero-order valence-electron chi connectivity index (χ0n) is 31.0. The molecule has 0 saturated heterocycles. The molecule has 4 rings (SSSR count). The molecule has 0 saturated carbocycles. The van der Waals surface area contributed by atoms with Gasteiger partial charge in [0, 0.05) is 17.4 Å². The van der Waals surface area contributed by atoms with Crippen molar-refractivity contribution < 1.29 is 42.3 Å². The monoisotopic (exact) mass is 756 g/mol. The molecule has 284 valence electrons. The molecular weight excluding hydrogens is 711 g/mol. The van der Waals surface area contributed by atoms with Gasteiger partial charge in [0.25, 0.3) is 5.91 Å². The lowest BCUT2D eigenvalue weighted by Crippen LogP contribution is -2.53. The third-order valence-corrected chi connectivity index (χ3v) is 9.61. The van der Waals surface area contributed by atoms with E-state index in [-0.39, 0.29) is 29.4 Å². The molecule has 14 heteroatoms. The smallest absolute Gasteiger partial charge is 0.467 e. The van der Waals surface area contributed by atoms with Crippen LogP contribution in [0.3, 0.4) is 0 Å². The summed E-state index contributed by atoms with van der Waals surface area (Å²) in [4.78, 5) is 52.2. The largest absolute Gasteiger partial charge is 0.513 e. The first-order valence-corrected chi connectivity index (χ1v) is 19.0. The van der Waals surface area contributed by atoms with E-state index in [0.717, 1.165) is 5.39 Å². The van der Waals surface area contributed by atoms with E-state index in [9.17, 15) is 23.7 Å². The van der Waals surface area contributed by atoms with Gasteiger partial charge in [-0.1, -0.05) is 62.4 Å². The normalized spacial score (nSPS) is 13.8. The molecule has 0 bridgehead atoms. The third kappa shape index (κ3) is 11.7. The van der Waals surface area contributed by atoms with Gasteiger partial charge in [-0.15, -0.1) is 0 Å². The van der Waals surface area contributed by atoms with E-state index in [0.29, 0.717) is 22.9 Å². The summed E-state index contributed by atoms with van der Waals surface area (Å²) in [6.07, 6.45) is -0.108. The highest BCUT2D eigenvalue weighted by atomic mass is 31.2. The number of nitrogens with zero attached hydrogens (tertiary/aromatic N) is 1. The number of nitriles is 1. The molecule has 1 unspecified atom stereocenters. The second-order valence-electron chi connectivity index (χ2n) is 13.3. The number of hydrogen-bond donors (Lipinski definition) is 3. The molecular formula is C40H45N4O9P. The minimum atomic E-state index is -4.31. The van der Waals surface area contributed by atoms with Crippen LogP contribution in [0.4, 0.5) is 0 Å². The second kappa shape index (κ2) is 18.9. The number of amides is 2. The maximum Gasteiger partial charge on any atom is 0.513 e. The predicted molar refractivity (Wildman–Crippen MR) is 203 cm³/mol. The van der Waals surface area contributed by atoms with Gasteiger partial charge < -0.3 is 29.2 Å². The Kier molecular flexibility index (Phi) is 14.4. The van der Waals surface area contributed by atoms with Crippen molar-refractivity contribution in [3.8, 4) is 17.6 Å². The lowest BCUT2D eigenvalue weighted by Gasteiger charge is -2.24. The summed E-state index contributed by atoms with van der Waals surface area (Å²) in [5.74, 6) is -2.03. The zero-order valence-corrected chi connectivity index (χ0v) is 31.9. The van der Waals surface area contributed by atoms with Crippen LogP contribution in [0.15, 0.2) is 91.0 Å². The molecule has 0 heterocycles. The molecule has 2 amide bonds. The number of ether oxygens (including phenoxy) is 2. The highest BCUT2D eigenvalue weighted by Crippen LogP contribution is 2.47. The van der Waals surface area contributed by atoms with Gasteiger partial charge in [-0.05, 0) is 86.5 Å². The fourth-order valence-corrected chi connectivity index (χ4v) is 6.95. The molecule has 54 heavy (non-hydrogen) atoms. The molecule has 4 aromatic rings. The van der Waals surface area contributed by atoms with Crippen molar-refractivity contribution in [2.45, 2.75) is 71.7 Å². The Morgan fingerprint density at radius 2 is 1.44 bits per heavy atom. The summed E-state index contributed by atoms with van der Waals surface area (Å²) in [7, 11) is -3.08. The topological polar surface area (TPSA) is 182 Å². The minimum absolute atomic E-state index is 0.00973. The van der Waals surface area contributed by atoms with Gasteiger partial charge in [0.05, 0.1) is 24.8 Å². The summed E-state index contributed by atoms with van der Waals surface area (Å²) < 4.78 is 36.6. The molecule has 0 aliphatic rings. The van der Waals surface area contributed by atoms with E-state index >= 15 is 0 Å². The Bertz CT molecular complexity index is 2020. The van der Waals surface area contributed by atoms with Gasteiger partial charge in [0.15, 0.2) is 0 Å². The van der Waals surface area contributed by atoms with Gasteiger partial charge in [0.2, 0.25) is 5.91 Å². The van der Waals surface area contributed by atoms with Gasteiger partial charge in [-0.25, -0.2) is 9.36 Å². The molecule has 4 aromatic carbocycles. The van der Waals surface area contributed by atoms with Crippen molar-refractivity contribution in [1.29, 1.82) is 5.26 Å². The first-order valence-electron chi connectivity index (χ1n) is 17.4. The summed E-state index contributed by atoms with van der Waals surface area (Å²) in [5, 5.41) is 18.8. The average molecular weight is 757 g/mol. The number of methoxy groups -OCH3 is 1. The van der Waals surface area contributed by atoms with Crippen molar-refractivity contribution in [3.63, 3.8) is 0 Å². The molecule has 0 fully saturated rings. The summed E-state index contributed by atoms with van der Waals surface area (Å²) in [6.45, 7) is 8.68. The average Bonchev–Trinajstić information content (AvgIpc) is 3.14. The van der Waals surface area contributed by atoms with Gasteiger partial charge in [-0.3, -0.25) is 14.4 Å². The van der Waals surface area contributed by atoms with Crippen LogP contribution in [0.25, 0.3) is 10.8 Å². The van der Waals surface area contributed by atoms with E-state index in [1.54, 1.807) is 38.1 Å².